The second-order valence-electron chi connectivity index (χ2n) is 5.12. The van der Waals surface area contributed by atoms with Gasteiger partial charge in [0.1, 0.15) is 0 Å². The lowest BCUT2D eigenvalue weighted by Gasteiger charge is -2.34. The van der Waals surface area contributed by atoms with Gasteiger partial charge < -0.3 is 4.90 Å². The van der Waals surface area contributed by atoms with Crippen molar-refractivity contribution in [3.63, 3.8) is 0 Å². The van der Waals surface area contributed by atoms with Gasteiger partial charge in [0.05, 0.1) is 0 Å². The molecule has 0 N–H and O–H groups in total. The Morgan fingerprint density at radius 2 is 1.90 bits per heavy atom. The summed E-state index contributed by atoms with van der Waals surface area (Å²) in [6, 6.07) is 8.07. The number of hydrogen-bond acceptors (Lipinski definition) is 2. The topological polar surface area (TPSA) is 16.1 Å². The Hall–Kier alpha value is -2.04. The van der Waals surface area contributed by atoms with Crippen LogP contribution in [0.1, 0.15) is 12.5 Å². The van der Waals surface area contributed by atoms with E-state index in [1.54, 1.807) is 4.90 Å². The van der Waals surface area contributed by atoms with Gasteiger partial charge in [-0.15, -0.1) is 0 Å². The quantitative estimate of drug-likeness (QED) is 0.737. The van der Waals surface area contributed by atoms with Crippen molar-refractivity contribution in [2.24, 2.45) is 5.92 Å². The summed E-state index contributed by atoms with van der Waals surface area (Å²) in [5, 5.41) is 0. The van der Waals surface area contributed by atoms with Gasteiger partial charge in [0.15, 0.2) is 17.5 Å². The molecule has 0 saturated heterocycles. The third kappa shape index (κ3) is 2.13. The van der Waals surface area contributed by atoms with Crippen molar-refractivity contribution in [3.05, 3.63) is 53.5 Å². The minimum absolute atomic E-state index is 0.164. The van der Waals surface area contributed by atoms with E-state index in [0.717, 1.165) is 17.7 Å². The van der Waals surface area contributed by atoms with Gasteiger partial charge in [-0.1, -0.05) is 25.1 Å². The van der Waals surface area contributed by atoms with Crippen LogP contribution in [0.25, 0.3) is 0 Å². The molecule has 0 aliphatic carbocycles. The zero-order chi connectivity index (χ0) is 14.3. The first-order chi connectivity index (χ1) is 9.56. The van der Waals surface area contributed by atoms with Crippen molar-refractivity contribution < 1.29 is 13.2 Å². The number of benzene rings is 1. The molecule has 104 valence electrons. The van der Waals surface area contributed by atoms with E-state index in [2.05, 4.69) is 4.98 Å². The third-order valence-electron chi connectivity index (χ3n) is 3.47. The smallest absolute Gasteiger partial charge is 0.251 e. The number of pyridine rings is 1. The maximum Gasteiger partial charge on any atom is 0.251 e. The van der Waals surface area contributed by atoms with Crippen LogP contribution in [0.3, 0.4) is 0 Å². The molecule has 2 heterocycles. The summed E-state index contributed by atoms with van der Waals surface area (Å²) in [5.41, 5.74) is 1.85. The molecule has 0 saturated carbocycles. The van der Waals surface area contributed by atoms with E-state index in [9.17, 15) is 13.2 Å². The fourth-order valence-corrected chi connectivity index (χ4v) is 2.62. The second kappa shape index (κ2) is 4.81. The largest absolute Gasteiger partial charge is 0.323 e. The molecule has 1 aliphatic rings. The Balaban J connectivity index is 2.13. The summed E-state index contributed by atoms with van der Waals surface area (Å²) in [6.45, 7) is 2.55. The van der Waals surface area contributed by atoms with Gasteiger partial charge in [0.25, 0.3) is 5.95 Å². The number of aromatic nitrogens is 1. The highest BCUT2D eigenvalue weighted by Crippen LogP contribution is 2.35. The van der Waals surface area contributed by atoms with E-state index in [4.69, 9.17) is 0 Å². The van der Waals surface area contributed by atoms with Crippen molar-refractivity contribution in [3.8, 4) is 0 Å². The number of nitrogens with zero attached hydrogens (tertiary/aromatic N) is 2. The normalized spacial score (nSPS) is 18.0. The van der Waals surface area contributed by atoms with Crippen LogP contribution in [0.4, 0.5) is 24.7 Å². The molecule has 2 aromatic rings. The van der Waals surface area contributed by atoms with Crippen LogP contribution in [0, 0.1) is 23.5 Å². The van der Waals surface area contributed by atoms with Crippen LogP contribution < -0.4 is 4.90 Å². The molecule has 3 rings (SSSR count). The Kier molecular flexibility index (Phi) is 3.12. The van der Waals surface area contributed by atoms with Crippen LogP contribution in [-0.2, 0) is 6.42 Å². The van der Waals surface area contributed by atoms with E-state index in [-0.39, 0.29) is 11.7 Å². The second-order valence-corrected chi connectivity index (χ2v) is 5.12. The lowest BCUT2D eigenvalue weighted by atomic mass is 9.94. The van der Waals surface area contributed by atoms with Crippen molar-refractivity contribution in [2.75, 3.05) is 11.4 Å². The van der Waals surface area contributed by atoms with E-state index in [1.165, 1.54) is 0 Å². The highest BCUT2D eigenvalue weighted by atomic mass is 19.2. The number of para-hydroxylation sites is 1. The van der Waals surface area contributed by atoms with Gasteiger partial charge in [-0.05, 0) is 24.0 Å². The molecule has 2 nitrogen and oxygen atoms in total. The minimum atomic E-state index is -1.28. The molecular weight excluding hydrogens is 265 g/mol. The van der Waals surface area contributed by atoms with Crippen molar-refractivity contribution in [1.82, 2.24) is 4.98 Å². The predicted octanol–water partition coefficient (Wildman–Crippen LogP) is 3.83. The van der Waals surface area contributed by atoms with Crippen LogP contribution in [-0.4, -0.2) is 11.5 Å². The summed E-state index contributed by atoms with van der Waals surface area (Å²) < 4.78 is 40.2. The summed E-state index contributed by atoms with van der Waals surface area (Å²) in [7, 11) is 0. The lowest BCUT2D eigenvalue weighted by Crippen LogP contribution is -2.32. The van der Waals surface area contributed by atoms with E-state index in [1.807, 2.05) is 31.2 Å². The van der Waals surface area contributed by atoms with Crippen molar-refractivity contribution in [2.45, 2.75) is 13.3 Å². The summed E-state index contributed by atoms with van der Waals surface area (Å²) in [6.07, 6.45) is 0.873. The van der Waals surface area contributed by atoms with Crippen LogP contribution in [0.2, 0.25) is 0 Å². The maximum atomic E-state index is 13.9. The summed E-state index contributed by atoms with van der Waals surface area (Å²) in [5.74, 6) is -3.29. The molecule has 0 spiro atoms. The van der Waals surface area contributed by atoms with Crippen molar-refractivity contribution in [1.29, 1.82) is 0 Å². The molecule has 20 heavy (non-hydrogen) atoms. The molecule has 1 aromatic carbocycles. The highest BCUT2D eigenvalue weighted by molar-refractivity contribution is 5.65. The van der Waals surface area contributed by atoms with E-state index >= 15 is 0 Å². The van der Waals surface area contributed by atoms with Gasteiger partial charge in [0, 0.05) is 18.3 Å². The fourth-order valence-electron chi connectivity index (χ4n) is 2.62. The summed E-state index contributed by atoms with van der Waals surface area (Å²) >= 11 is 0. The first-order valence-corrected chi connectivity index (χ1v) is 6.43. The molecule has 1 aromatic heterocycles. The first kappa shape index (κ1) is 13.0. The van der Waals surface area contributed by atoms with Crippen molar-refractivity contribution >= 4 is 11.5 Å². The molecule has 0 radical (unpaired) electrons. The Labute approximate surface area is 114 Å². The number of halogens is 3. The third-order valence-corrected chi connectivity index (χ3v) is 3.47. The first-order valence-electron chi connectivity index (χ1n) is 6.43. The average Bonchev–Trinajstić information content (AvgIpc) is 2.42. The maximum absolute atomic E-state index is 13.9. The fraction of sp³-hybridized carbons (Fsp3) is 0.267. The zero-order valence-electron chi connectivity index (χ0n) is 10.9. The molecule has 5 heteroatoms. The standard InChI is InChI=1S/C15H13F3N2/c1-9-6-10-4-2-3-5-13(10)20(8-9)15-12(17)7-11(16)14(18)19-15/h2-5,7,9H,6,8H2,1H3. The Morgan fingerprint density at radius 1 is 1.15 bits per heavy atom. The van der Waals surface area contributed by atoms with Crippen LogP contribution in [0.5, 0.6) is 0 Å². The molecule has 0 amide bonds. The van der Waals surface area contributed by atoms with Crippen LogP contribution in [0.15, 0.2) is 30.3 Å². The Bertz CT molecular complexity index is 658. The molecule has 0 bridgehead atoms. The molecule has 1 unspecified atom stereocenters. The van der Waals surface area contributed by atoms with Gasteiger partial charge >= 0.3 is 0 Å². The monoisotopic (exact) mass is 278 g/mol. The van der Waals surface area contributed by atoms with Gasteiger partial charge in [-0.3, -0.25) is 0 Å². The molecule has 1 atom stereocenters. The lowest BCUT2D eigenvalue weighted by molar-refractivity contribution is 0.461. The van der Waals surface area contributed by atoms with E-state index in [0.29, 0.717) is 12.6 Å². The Morgan fingerprint density at radius 3 is 2.70 bits per heavy atom. The SMILES string of the molecule is CC1Cc2ccccc2N(c2nc(F)c(F)cc2F)C1. The number of rotatable bonds is 1. The minimum Gasteiger partial charge on any atom is -0.323 e. The molecule has 1 aliphatic heterocycles. The predicted molar refractivity (Wildman–Crippen MR) is 70.4 cm³/mol. The van der Waals surface area contributed by atoms with Gasteiger partial charge in [-0.25, -0.2) is 8.78 Å². The van der Waals surface area contributed by atoms with E-state index < -0.39 is 17.6 Å². The van der Waals surface area contributed by atoms with Crippen LogP contribution >= 0.6 is 0 Å². The molecular formula is C15H13F3N2. The number of fused-ring (bicyclic) bond motifs is 1. The zero-order valence-corrected chi connectivity index (χ0v) is 10.9. The summed E-state index contributed by atoms with van der Waals surface area (Å²) in [4.78, 5) is 5.05. The van der Waals surface area contributed by atoms with Gasteiger partial charge in [0.2, 0.25) is 0 Å². The number of hydrogen-bond donors (Lipinski definition) is 0. The average molecular weight is 278 g/mol. The highest BCUT2D eigenvalue weighted by Gasteiger charge is 2.26. The number of anilines is 2. The van der Waals surface area contributed by atoms with Gasteiger partial charge in [-0.2, -0.15) is 9.37 Å². The molecule has 0 fully saturated rings.